The highest BCUT2D eigenvalue weighted by molar-refractivity contribution is 5.80. The summed E-state index contributed by atoms with van der Waals surface area (Å²) in [5, 5.41) is 18.9. The molecule has 0 unspecified atom stereocenters. The van der Waals surface area contributed by atoms with E-state index in [-0.39, 0.29) is 0 Å². The van der Waals surface area contributed by atoms with Crippen LogP contribution in [-0.4, -0.2) is 42.0 Å². The van der Waals surface area contributed by atoms with Crippen molar-refractivity contribution in [2.24, 2.45) is 5.92 Å². The van der Waals surface area contributed by atoms with Crippen LogP contribution in [0.15, 0.2) is 48.5 Å². The highest BCUT2D eigenvalue weighted by Crippen LogP contribution is 2.29. The van der Waals surface area contributed by atoms with Gasteiger partial charge in [-0.25, -0.2) is 9.78 Å². The number of nitrogens with zero attached hydrogens (tertiary/aromatic N) is 6. The van der Waals surface area contributed by atoms with Gasteiger partial charge in [0.25, 0.3) is 0 Å². The van der Waals surface area contributed by atoms with E-state index in [1.54, 1.807) is 0 Å². The summed E-state index contributed by atoms with van der Waals surface area (Å²) in [6, 6.07) is 17.0. The van der Waals surface area contributed by atoms with Gasteiger partial charge in [0, 0.05) is 12.0 Å². The van der Waals surface area contributed by atoms with Gasteiger partial charge in [0.1, 0.15) is 5.82 Å². The topological polar surface area (TPSA) is 94.4 Å². The number of tetrazole rings is 1. The Hall–Kier alpha value is -3.55. The molecule has 0 aliphatic rings. The van der Waals surface area contributed by atoms with Gasteiger partial charge >= 0.3 is 6.01 Å². The van der Waals surface area contributed by atoms with Crippen LogP contribution < -0.4 is 4.74 Å². The third kappa shape index (κ3) is 4.96. The highest BCUT2D eigenvalue weighted by Gasteiger charge is 2.14. The first-order valence-corrected chi connectivity index (χ1v) is 10.6. The molecule has 0 bridgehead atoms. The van der Waals surface area contributed by atoms with Crippen molar-refractivity contribution in [2.75, 3.05) is 6.61 Å². The maximum absolute atomic E-state index is 5.66. The molecule has 2 aromatic heterocycles. The third-order valence-corrected chi connectivity index (χ3v) is 4.88. The summed E-state index contributed by atoms with van der Waals surface area (Å²) < 4.78 is 7.61. The molecular formula is C23H27N7O. The SMILES string of the molecule is CCCOc1nc(CC(C)C)n(Cc2ccc(-c3ccccc3-c3nnn[nH]3)cc2)n1. The van der Waals surface area contributed by atoms with Crippen molar-refractivity contribution in [3.05, 3.63) is 59.9 Å². The first-order valence-electron chi connectivity index (χ1n) is 10.6. The number of aromatic nitrogens is 7. The summed E-state index contributed by atoms with van der Waals surface area (Å²) in [6.45, 7) is 7.72. The molecule has 31 heavy (non-hydrogen) atoms. The van der Waals surface area contributed by atoms with Crippen molar-refractivity contribution >= 4 is 0 Å². The minimum absolute atomic E-state index is 0.462. The van der Waals surface area contributed by atoms with Crippen molar-refractivity contribution in [1.82, 2.24) is 35.4 Å². The molecule has 0 radical (unpaired) electrons. The Bertz CT molecular complexity index is 1100. The summed E-state index contributed by atoms with van der Waals surface area (Å²) in [6.07, 6.45) is 1.79. The van der Waals surface area contributed by atoms with Crippen molar-refractivity contribution in [2.45, 2.75) is 40.2 Å². The molecule has 0 spiro atoms. The van der Waals surface area contributed by atoms with Gasteiger partial charge in [0.05, 0.1) is 13.2 Å². The molecule has 0 saturated carbocycles. The molecule has 0 atom stereocenters. The van der Waals surface area contributed by atoms with Crippen LogP contribution in [-0.2, 0) is 13.0 Å². The summed E-state index contributed by atoms with van der Waals surface area (Å²) in [4.78, 5) is 4.60. The molecule has 1 N–H and O–H groups in total. The van der Waals surface area contributed by atoms with Crippen LogP contribution in [0.1, 0.15) is 38.6 Å². The molecule has 160 valence electrons. The normalized spacial score (nSPS) is 11.2. The van der Waals surface area contributed by atoms with E-state index in [1.807, 2.05) is 22.9 Å². The zero-order valence-electron chi connectivity index (χ0n) is 18.1. The molecule has 0 aliphatic carbocycles. The first kappa shape index (κ1) is 20.7. The lowest BCUT2D eigenvalue weighted by atomic mass is 9.98. The Balaban J connectivity index is 1.57. The molecule has 8 heteroatoms. The standard InChI is InChI=1S/C23H27N7O/c1-4-13-31-23-24-21(14-16(2)3)30(27-23)15-17-9-11-18(12-10-17)19-7-5-6-8-20(19)22-25-28-29-26-22/h5-12,16H,4,13-15H2,1-3H3,(H,25,26,28,29). The van der Waals surface area contributed by atoms with Crippen LogP contribution in [0.4, 0.5) is 0 Å². The summed E-state index contributed by atoms with van der Waals surface area (Å²) >= 11 is 0. The second kappa shape index (κ2) is 9.51. The Morgan fingerprint density at radius 1 is 1.03 bits per heavy atom. The van der Waals surface area contributed by atoms with Crippen LogP contribution in [0, 0.1) is 5.92 Å². The number of hydrogen-bond acceptors (Lipinski definition) is 6. The van der Waals surface area contributed by atoms with Gasteiger partial charge < -0.3 is 4.74 Å². The fraction of sp³-hybridized carbons (Fsp3) is 0.348. The molecule has 2 aromatic carbocycles. The Labute approximate surface area is 181 Å². The van der Waals surface area contributed by atoms with Crippen LogP contribution in [0.3, 0.4) is 0 Å². The fourth-order valence-corrected chi connectivity index (χ4v) is 3.43. The van der Waals surface area contributed by atoms with Crippen LogP contribution in [0.5, 0.6) is 6.01 Å². The zero-order valence-corrected chi connectivity index (χ0v) is 18.1. The number of aromatic amines is 1. The first-order chi connectivity index (χ1) is 15.1. The maximum Gasteiger partial charge on any atom is 0.335 e. The molecule has 0 amide bonds. The van der Waals surface area contributed by atoms with E-state index in [9.17, 15) is 0 Å². The van der Waals surface area contributed by atoms with Gasteiger partial charge in [-0.05, 0) is 39.5 Å². The quantitative estimate of drug-likeness (QED) is 0.439. The summed E-state index contributed by atoms with van der Waals surface area (Å²) in [5.41, 5.74) is 4.29. The van der Waals surface area contributed by atoms with E-state index >= 15 is 0 Å². The minimum Gasteiger partial charge on any atom is -0.462 e. The lowest BCUT2D eigenvalue weighted by Gasteiger charge is -2.10. The van der Waals surface area contributed by atoms with Gasteiger partial charge in [-0.2, -0.15) is 4.98 Å². The van der Waals surface area contributed by atoms with E-state index in [2.05, 4.69) is 81.8 Å². The number of ether oxygens (including phenoxy) is 1. The summed E-state index contributed by atoms with van der Waals surface area (Å²) in [5.74, 6) is 2.10. The highest BCUT2D eigenvalue weighted by atomic mass is 16.5. The summed E-state index contributed by atoms with van der Waals surface area (Å²) in [7, 11) is 0. The number of benzene rings is 2. The number of nitrogens with one attached hydrogen (secondary N) is 1. The van der Waals surface area contributed by atoms with E-state index in [0.717, 1.165) is 40.9 Å². The molecule has 0 saturated heterocycles. The van der Waals surface area contributed by atoms with Gasteiger partial charge in [0.2, 0.25) is 0 Å². The molecule has 2 heterocycles. The average Bonchev–Trinajstić information content (AvgIpc) is 3.43. The smallest absolute Gasteiger partial charge is 0.335 e. The largest absolute Gasteiger partial charge is 0.462 e. The van der Waals surface area contributed by atoms with Gasteiger partial charge in [0.15, 0.2) is 5.82 Å². The minimum atomic E-state index is 0.462. The number of H-pyrrole nitrogens is 1. The Morgan fingerprint density at radius 3 is 2.48 bits per heavy atom. The Morgan fingerprint density at radius 2 is 1.81 bits per heavy atom. The van der Waals surface area contributed by atoms with E-state index in [4.69, 9.17) is 4.74 Å². The molecule has 4 aromatic rings. The molecular weight excluding hydrogens is 390 g/mol. The van der Waals surface area contributed by atoms with Crippen LogP contribution in [0.2, 0.25) is 0 Å². The lowest BCUT2D eigenvalue weighted by Crippen LogP contribution is -2.09. The lowest BCUT2D eigenvalue weighted by molar-refractivity contribution is 0.291. The second-order valence-corrected chi connectivity index (χ2v) is 7.91. The monoisotopic (exact) mass is 417 g/mol. The van der Waals surface area contributed by atoms with Crippen LogP contribution >= 0.6 is 0 Å². The van der Waals surface area contributed by atoms with Crippen molar-refractivity contribution < 1.29 is 4.74 Å². The van der Waals surface area contributed by atoms with E-state index < -0.39 is 0 Å². The average molecular weight is 418 g/mol. The zero-order chi connectivity index (χ0) is 21.6. The molecule has 4 rings (SSSR count). The van der Waals surface area contributed by atoms with E-state index in [0.29, 0.717) is 30.9 Å². The van der Waals surface area contributed by atoms with E-state index in [1.165, 1.54) is 0 Å². The van der Waals surface area contributed by atoms with Gasteiger partial charge in [-0.1, -0.05) is 69.3 Å². The number of hydrogen-bond donors (Lipinski definition) is 1. The van der Waals surface area contributed by atoms with Crippen LogP contribution in [0.25, 0.3) is 22.5 Å². The van der Waals surface area contributed by atoms with Crippen molar-refractivity contribution in [1.29, 1.82) is 0 Å². The maximum atomic E-state index is 5.66. The van der Waals surface area contributed by atoms with Crippen molar-refractivity contribution in [3.8, 4) is 28.5 Å². The number of rotatable bonds is 9. The fourth-order valence-electron chi connectivity index (χ4n) is 3.43. The Kier molecular flexibility index (Phi) is 6.35. The van der Waals surface area contributed by atoms with Crippen molar-refractivity contribution in [3.63, 3.8) is 0 Å². The molecule has 8 nitrogen and oxygen atoms in total. The van der Waals surface area contributed by atoms with Gasteiger partial charge in [-0.15, -0.1) is 10.2 Å². The van der Waals surface area contributed by atoms with Gasteiger partial charge in [-0.3, -0.25) is 0 Å². The predicted octanol–water partition coefficient (Wildman–Crippen LogP) is 4.16. The predicted molar refractivity (Wildman–Crippen MR) is 119 cm³/mol. The third-order valence-electron chi connectivity index (χ3n) is 4.88. The molecule has 0 aliphatic heterocycles. The second-order valence-electron chi connectivity index (χ2n) is 7.91. The molecule has 0 fully saturated rings.